The standard InChI is InChI=1S/C16H19F3N2O2/c1-5-15(2,3)21-14(22)12-7-6-11(16(17,18)19)10-13(12)20-8-9-23-4/h1,6-7,10,20H,8-9H2,2-4H3,(H,21,22). The molecule has 0 atom stereocenters. The van der Waals surface area contributed by atoms with Crippen molar-refractivity contribution in [2.45, 2.75) is 25.6 Å². The van der Waals surface area contributed by atoms with Gasteiger partial charge in [0.05, 0.1) is 23.3 Å². The van der Waals surface area contributed by atoms with E-state index in [1.54, 1.807) is 13.8 Å². The number of carbonyl (C=O) groups excluding carboxylic acids is 1. The fourth-order valence-electron chi connectivity index (χ4n) is 1.74. The van der Waals surface area contributed by atoms with Crippen molar-refractivity contribution in [1.82, 2.24) is 5.32 Å². The topological polar surface area (TPSA) is 50.4 Å². The zero-order chi connectivity index (χ0) is 17.7. The van der Waals surface area contributed by atoms with Gasteiger partial charge in [0, 0.05) is 19.3 Å². The van der Waals surface area contributed by atoms with Gasteiger partial charge in [0.1, 0.15) is 0 Å². The highest BCUT2D eigenvalue weighted by molar-refractivity contribution is 6.00. The number of ether oxygens (including phenoxy) is 1. The van der Waals surface area contributed by atoms with E-state index in [4.69, 9.17) is 11.2 Å². The molecule has 0 aliphatic rings. The molecule has 1 amide bonds. The third-order valence-corrected chi connectivity index (χ3v) is 3.00. The van der Waals surface area contributed by atoms with Crippen molar-refractivity contribution in [3.8, 4) is 12.3 Å². The Bertz CT molecular complexity index is 604. The molecular weight excluding hydrogens is 309 g/mol. The molecule has 0 radical (unpaired) electrons. The van der Waals surface area contributed by atoms with Gasteiger partial charge < -0.3 is 15.4 Å². The lowest BCUT2D eigenvalue weighted by Crippen LogP contribution is -2.42. The lowest BCUT2D eigenvalue weighted by atomic mass is 10.0. The maximum Gasteiger partial charge on any atom is 0.416 e. The zero-order valence-electron chi connectivity index (χ0n) is 13.2. The van der Waals surface area contributed by atoms with Crippen LogP contribution in [-0.4, -0.2) is 31.7 Å². The fourth-order valence-corrected chi connectivity index (χ4v) is 1.74. The number of methoxy groups -OCH3 is 1. The van der Waals surface area contributed by atoms with Crippen LogP contribution >= 0.6 is 0 Å². The van der Waals surface area contributed by atoms with E-state index in [0.717, 1.165) is 18.2 Å². The number of nitrogens with one attached hydrogen (secondary N) is 2. The number of alkyl halides is 3. The molecule has 0 aromatic heterocycles. The monoisotopic (exact) mass is 328 g/mol. The highest BCUT2D eigenvalue weighted by atomic mass is 19.4. The van der Waals surface area contributed by atoms with E-state index < -0.39 is 23.2 Å². The molecule has 0 fully saturated rings. The number of benzene rings is 1. The van der Waals surface area contributed by atoms with Gasteiger partial charge in [-0.3, -0.25) is 4.79 Å². The lowest BCUT2D eigenvalue weighted by molar-refractivity contribution is -0.137. The number of amides is 1. The van der Waals surface area contributed by atoms with Gasteiger partial charge in [-0.25, -0.2) is 0 Å². The first-order valence-electron chi connectivity index (χ1n) is 6.85. The van der Waals surface area contributed by atoms with Crippen molar-refractivity contribution >= 4 is 11.6 Å². The second-order valence-electron chi connectivity index (χ2n) is 5.40. The molecule has 0 aliphatic carbocycles. The van der Waals surface area contributed by atoms with E-state index in [0.29, 0.717) is 0 Å². The molecule has 1 rings (SSSR count). The number of rotatable bonds is 6. The Labute approximate surface area is 133 Å². The minimum Gasteiger partial charge on any atom is -0.383 e. The fraction of sp³-hybridized carbons (Fsp3) is 0.438. The first-order valence-corrected chi connectivity index (χ1v) is 6.85. The van der Waals surface area contributed by atoms with E-state index in [2.05, 4.69) is 16.6 Å². The maximum absolute atomic E-state index is 12.8. The summed E-state index contributed by atoms with van der Waals surface area (Å²) in [5, 5.41) is 5.36. The number of hydrogen-bond donors (Lipinski definition) is 2. The third-order valence-electron chi connectivity index (χ3n) is 3.00. The lowest BCUT2D eigenvalue weighted by Gasteiger charge is -2.21. The molecule has 1 aromatic carbocycles. The summed E-state index contributed by atoms with van der Waals surface area (Å²) in [6.45, 7) is 3.78. The predicted molar refractivity (Wildman–Crippen MR) is 82.2 cm³/mol. The molecule has 0 spiro atoms. The normalized spacial score (nSPS) is 11.7. The number of anilines is 1. The van der Waals surface area contributed by atoms with Crippen LogP contribution in [-0.2, 0) is 10.9 Å². The van der Waals surface area contributed by atoms with Crippen LogP contribution in [0.1, 0.15) is 29.8 Å². The number of halogens is 3. The van der Waals surface area contributed by atoms with Gasteiger partial charge in [0.15, 0.2) is 0 Å². The Morgan fingerprint density at radius 1 is 1.35 bits per heavy atom. The van der Waals surface area contributed by atoms with Gasteiger partial charge in [-0.15, -0.1) is 6.42 Å². The molecule has 0 bridgehead atoms. The summed E-state index contributed by atoms with van der Waals surface area (Å²) in [6, 6.07) is 2.88. The first-order chi connectivity index (χ1) is 10.6. The van der Waals surface area contributed by atoms with E-state index in [9.17, 15) is 18.0 Å². The van der Waals surface area contributed by atoms with E-state index >= 15 is 0 Å². The Hall–Kier alpha value is -2.20. The molecule has 0 saturated heterocycles. The molecule has 7 heteroatoms. The summed E-state index contributed by atoms with van der Waals surface area (Å²) >= 11 is 0. The van der Waals surface area contributed by atoms with Crippen LogP contribution in [0.5, 0.6) is 0 Å². The molecule has 0 heterocycles. The quantitative estimate of drug-likeness (QED) is 0.624. The molecular formula is C16H19F3N2O2. The van der Waals surface area contributed by atoms with Crippen LogP contribution in [0.15, 0.2) is 18.2 Å². The van der Waals surface area contributed by atoms with Crippen molar-refractivity contribution in [2.24, 2.45) is 0 Å². The summed E-state index contributed by atoms with van der Waals surface area (Å²) in [7, 11) is 1.47. The van der Waals surface area contributed by atoms with Crippen molar-refractivity contribution in [3.05, 3.63) is 29.3 Å². The summed E-state index contributed by atoms with van der Waals surface area (Å²) in [5.74, 6) is 1.84. The van der Waals surface area contributed by atoms with Crippen LogP contribution in [0, 0.1) is 12.3 Å². The molecule has 1 aromatic rings. The van der Waals surface area contributed by atoms with Gasteiger partial charge in [-0.05, 0) is 32.0 Å². The largest absolute Gasteiger partial charge is 0.416 e. The maximum atomic E-state index is 12.8. The number of terminal acetylenes is 1. The molecule has 0 aliphatic heterocycles. The van der Waals surface area contributed by atoms with Crippen LogP contribution < -0.4 is 10.6 Å². The Morgan fingerprint density at radius 3 is 2.52 bits per heavy atom. The van der Waals surface area contributed by atoms with Crippen LogP contribution in [0.3, 0.4) is 0 Å². The average Bonchev–Trinajstić information content (AvgIpc) is 2.46. The minimum absolute atomic E-state index is 0.0715. The summed E-state index contributed by atoms with van der Waals surface area (Å²) in [6.07, 6.45) is 0.809. The van der Waals surface area contributed by atoms with Crippen molar-refractivity contribution in [2.75, 3.05) is 25.6 Å². The zero-order valence-corrected chi connectivity index (χ0v) is 13.2. The molecule has 2 N–H and O–H groups in total. The molecule has 4 nitrogen and oxygen atoms in total. The van der Waals surface area contributed by atoms with Crippen LogP contribution in [0.4, 0.5) is 18.9 Å². The number of carbonyl (C=O) groups is 1. The van der Waals surface area contributed by atoms with Gasteiger partial charge in [-0.1, -0.05) is 5.92 Å². The highest BCUT2D eigenvalue weighted by Gasteiger charge is 2.32. The van der Waals surface area contributed by atoms with Crippen molar-refractivity contribution in [1.29, 1.82) is 0 Å². The van der Waals surface area contributed by atoms with Crippen LogP contribution in [0.25, 0.3) is 0 Å². The average molecular weight is 328 g/mol. The Kier molecular flexibility index (Phi) is 6.05. The van der Waals surface area contributed by atoms with Crippen LogP contribution in [0.2, 0.25) is 0 Å². The van der Waals surface area contributed by atoms with Gasteiger partial charge >= 0.3 is 6.18 Å². The molecule has 126 valence electrons. The number of hydrogen-bond acceptors (Lipinski definition) is 3. The molecule has 0 saturated carbocycles. The minimum atomic E-state index is -4.50. The van der Waals surface area contributed by atoms with Gasteiger partial charge in [0.25, 0.3) is 5.91 Å². The molecule has 23 heavy (non-hydrogen) atoms. The van der Waals surface area contributed by atoms with Crippen molar-refractivity contribution < 1.29 is 22.7 Å². The summed E-state index contributed by atoms with van der Waals surface area (Å²) in [4.78, 5) is 12.3. The Balaban J connectivity index is 3.14. The van der Waals surface area contributed by atoms with Crippen molar-refractivity contribution in [3.63, 3.8) is 0 Å². The smallest absolute Gasteiger partial charge is 0.383 e. The first kappa shape index (κ1) is 18.8. The second kappa shape index (κ2) is 7.38. The SMILES string of the molecule is C#CC(C)(C)NC(=O)c1ccc(C(F)(F)F)cc1NCCOC. The van der Waals surface area contributed by atoms with Gasteiger partial charge in [-0.2, -0.15) is 13.2 Å². The van der Waals surface area contributed by atoms with E-state index in [1.807, 2.05) is 0 Å². The van der Waals surface area contributed by atoms with E-state index in [-0.39, 0.29) is 24.4 Å². The second-order valence-corrected chi connectivity index (χ2v) is 5.40. The third kappa shape index (κ3) is 5.49. The van der Waals surface area contributed by atoms with E-state index in [1.165, 1.54) is 7.11 Å². The predicted octanol–water partition coefficient (Wildman–Crippen LogP) is 2.91. The summed E-state index contributed by atoms with van der Waals surface area (Å²) in [5.41, 5.74) is -1.60. The van der Waals surface area contributed by atoms with Gasteiger partial charge in [0.2, 0.25) is 0 Å². The Morgan fingerprint density at radius 2 is 2.00 bits per heavy atom. The summed E-state index contributed by atoms with van der Waals surface area (Å²) < 4.78 is 43.4. The molecule has 0 unspecified atom stereocenters. The highest BCUT2D eigenvalue weighted by Crippen LogP contribution is 2.32.